The first kappa shape index (κ1) is 16.3. The molecular formula is C17H20FNO3. The van der Waals surface area contributed by atoms with Crippen LogP contribution in [-0.4, -0.2) is 43.7 Å². The third-order valence-corrected chi connectivity index (χ3v) is 3.60. The van der Waals surface area contributed by atoms with Crippen molar-refractivity contribution in [2.75, 3.05) is 32.9 Å². The zero-order valence-electron chi connectivity index (χ0n) is 12.5. The SMILES string of the molecule is C#CCOCC1CCCN(C(=O)COc2ccccc2F)C1. The largest absolute Gasteiger partial charge is 0.481 e. The first-order valence-corrected chi connectivity index (χ1v) is 7.37. The lowest BCUT2D eigenvalue weighted by Crippen LogP contribution is -2.43. The van der Waals surface area contributed by atoms with Crippen LogP contribution in [0.5, 0.6) is 5.75 Å². The average molecular weight is 305 g/mol. The summed E-state index contributed by atoms with van der Waals surface area (Å²) in [6, 6.07) is 6.06. The first-order valence-electron chi connectivity index (χ1n) is 7.37. The van der Waals surface area contributed by atoms with E-state index in [1.165, 1.54) is 12.1 Å². The lowest BCUT2D eigenvalue weighted by Gasteiger charge is -2.32. The topological polar surface area (TPSA) is 38.8 Å². The van der Waals surface area contributed by atoms with Gasteiger partial charge in [0.15, 0.2) is 18.2 Å². The van der Waals surface area contributed by atoms with Crippen LogP contribution in [-0.2, 0) is 9.53 Å². The van der Waals surface area contributed by atoms with Crippen LogP contribution in [0.1, 0.15) is 12.8 Å². The van der Waals surface area contributed by atoms with Crippen LogP contribution in [0.15, 0.2) is 24.3 Å². The number of rotatable bonds is 6. The average Bonchev–Trinajstić information content (AvgIpc) is 2.54. The first-order chi connectivity index (χ1) is 10.7. The fourth-order valence-corrected chi connectivity index (χ4v) is 2.50. The molecule has 1 heterocycles. The van der Waals surface area contributed by atoms with Crippen molar-refractivity contribution in [2.45, 2.75) is 12.8 Å². The van der Waals surface area contributed by atoms with Crippen LogP contribution in [0.3, 0.4) is 0 Å². The van der Waals surface area contributed by atoms with Gasteiger partial charge in [-0.1, -0.05) is 18.1 Å². The molecule has 1 aliphatic rings. The van der Waals surface area contributed by atoms with Crippen molar-refractivity contribution in [3.63, 3.8) is 0 Å². The van der Waals surface area contributed by atoms with Crippen molar-refractivity contribution in [3.05, 3.63) is 30.1 Å². The Kier molecular flexibility index (Phi) is 6.23. The summed E-state index contributed by atoms with van der Waals surface area (Å²) in [4.78, 5) is 13.9. The van der Waals surface area contributed by atoms with Crippen molar-refractivity contribution < 1.29 is 18.7 Å². The maximum absolute atomic E-state index is 13.4. The highest BCUT2D eigenvalue weighted by Crippen LogP contribution is 2.18. The number of piperidine rings is 1. The molecule has 1 aromatic carbocycles. The number of para-hydroxylation sites is 1. The van der Waals surface area contributed by atoms with E-state index in [2.05, 4.69) is 5.92 Å². The smallest absolute Gasteiger partial charge is 0.260 e. The molecule has 0 N–H and O–H groups in total. The van der Waals surface area contributed by atoms with Gasteiger partial charge in [0.25, 0.3) is 5.91 Å². The zero-order valence-corrected chi connectivity index (χ0v) is 12.5. The summed E-state index contributed by atoms with van der Waals surface area (Å²) in [5.74, 6) is 2.22. The van der Waals surface area contributed by atoms with Gasteiger partial charge in [0.2, 0.25) is 0 Å². The number of hydrogen-bond donors (Lipinski definition) is 0. The molecule has 0 aliphatic carbocycles. The number of likely N-dealkylation sites (tertiary alicyclic amines) is 1. The second-order valence-corrected chi connectivity index (χ2v) is 5.29. The maximum Gasteiger partial charge on any atom is 0.260 e. The van der Waals surface area contributed by atoms with Gasteiger partial charge in [-0.3, -0.25) is 4.79 Å². The van der Waals surface area contributed by atoms with E-state index in [-0.39, 0.29) is 18.3 Å². The summed E-state index contributed by atoms with van der Waals surface area (Å²) in [6.07, 6.45) is 7.08. The van der Waals surface area contributed by atoms with Crippen molar-refractivity contribution in [3.8, 4) is 18.1 Å². The Morgan fingerprint density at radius 3 is 3.05 bits per heavy atom. The molecule has 1 atom stereocenters. The van der Waals surface area contributed by atoms with Gasteiger partial charge in [-0.15, -0.1) is 6.42 Å². The lowest BCUT2D eigenvalue weighted by atomic mass is 9.99. The Labute approximate surface area is 130 Å². The zero-order chi connectivity index (χ0) is 15.8. The number of hydrogen-bond acceptors (Lipinski definition) is 3. The van der Waals surface area contributed by atoms with Crippen LogP contribution < -0.4 is 4.74 Å². The summed E-state index contributed by atoms with van der Waals surface area (Å²) < 4.78 is 24.0. The van der Waals surface area contributed by atoms with Gasteiger partial charge in [-0.2, -0.15) is 0 Å². The molecule has 0 spiro atoms. The molecule has 0 radical (unpaired) electrons. The van der Waals surface area contributed by atoms with Crippen LogP contribution in [0.2, 0.25) is 0 Å². The molecule has 1 aliphatic heterocycles. The Morgan fingerprint density at radius 2 is 2.27 bits per heavy atom. The molecule has 0 aromatic heterocycles. The summed E-state index contributed by atoms with van der Waals surface area (Å²) in [5, 5.41) is 0. The highest BCUT2D eigenvalue weighted by Gasteiger charge is 2.24. The highest BCUT2D eigenvalue weighted by atomic mass is 19.1. The Bertz CT molecular complexity index is 541. The molecule has 118 valence electrons. The van der Waals surface area contributed by atoms with Gasteiger partial charge in [0.05, 0.1) is 6.61 Å². The van der Waals surface area contributed by atoms with Crippen LogP contribution in [0.4, 0.5) is 4.39 Å². The number of carbonyl (C=O) groups excluding carboxylic acids is 1. The van der Waals surface area contributed by atoms with Crippen LogP contribution >= 0.6 is 0 Å². The van der Waals surface area contributed by atoms with Gasteiger partial charge < -0.3 is 14.4 Å². The van der Waals surface area contributed by atoms with E-state index in [1.807, 2.05) is 0 Å². The van der Waals surface area contributed by atoms with Gasteiger partial charge >= 0.3 is 0 Å². The van der Waals surface area contributed by atoms with Gasteiger partial charge in [0.1, 0.15) is 6.61 Å². The van der Waals surface area contributed by atoms with E-state index in [4.69, 9.17) is 15.9 Å². The fraction of sp³-hybridized carbons (Fsp3) is 0.471. The fourth-order valence-electron chi connectivity index (χ4n) is 2.50. The second-order valence-electron chi connectivity index (χ2n) is 5.29. The number of benzene rings is 1. The van der Waals surface area contributed by atoms with E-state index in [0.717, 1.165) is 12.8 Å². The molecule has 0 saturated carbocycles. The summed E-state index contributed by atoms with van der Waals surface area (Å²) in [6.45, 7) is 2.02. The minimum absolute atomic E-state index is 0.0989. The molecule has 1 unspecified atom stereocenters. The minimum atomic E-state index is -0.463. The van der Waals surface area contributed by atoms with Crippen molar-refractivity contribution >= 4 is 5.91 Å². The van der Waals surface area contributed by atoms with E-state index < -0.39 is 5.82 Å². The number of amides is 1. The number of carbonyl (C=O) groups is 1. The standard InChI is InChI=1S/C17H20FNO3/c1-2-10-21-12-14-6-5-9-19(11-14)17(20)13-22-16-8-4-3-7-15(16)18/h1,3-4,7-8,14H,5-6,9-13H2. The summed E-state index contributed by atoms with van der Waals surface area (Å²) in [7, 11) is 0. The third kappa shape index (κ3) is 4.74. The maximum atomic E-state index is 13.4. The number of nitrogens with zero attached hydrogens (tertiary/aromatic N) is 1. The molecule has 1 amide bonds. The molecule has 0 bridgehead atoms. The van der Waals surface area contributed by atoms with E-state index in [1.54, 1.807) is 17.0 Å². The Hall–Kier alpha value is -2.06. The van der Waals surface area contributed by atoms with E-state index in [9.17, 15) is 9.18 Å². The number of ether oxygens (including phenoxy) is 2. The molecular weight excluding hydrogens is 285 g/mol. The lowest BCUT2D eigenvalue weighted by molar-refractivity contribution is -0.135. The summed E-state index contributed by atoms with van der Waals surface area (Å²) >= 11 is 0. The van der Waals surface area contributed by atoms with E-state index in [0.29, 0.717) is 32.2 Å². The van der Waals surface area contributed by atoms with Crippen molar-refractivity contribution in [1.82, 2.24) is 4.90 Å². The molecule has 5 heteroatoms. The molecule has 1 fully saturated rings. The minimum Gasteiger partial charge on any atom is -0.481 e. The van der Waals surface area contributed by atoms with E-state index >= 15 is 0 Å². The second kappa shape index (κ2) is 8.40. The molecule has 1 aromatic rings. The Morgan fingerprint density at radius 1 is 1.45 bits per heavy atom. The van der Waals surface area contributed by atoms with Gasteiger partial charge in [0, 0.05) is 13.1 Å². The number of halogens is 1. The predicted octanol–water partition coefficient (Wildman–Crippen LogP) is 2.09. The summed E-state index contributed by atoms with van der Waals surface area (Å²) in [5.41, 5.74) is 0. The van der Waals surface area contributed by atoms with Gasteiger partial charge in [-0.05, 0) is 30.9 Å². The number of terminal acetylenes is 1. The quantitative estimate of drug-likeness (QED) is 0.597. The predicted molar refractivity (Wildman–Crippen MR) is 80.9 cm³/mol. The molecule has 1 saturated heterocycles. The van der Waals surface area contributed by atoms with Crippen LogP contribution in [0.25, 0.3) is 0 Å². The molecule has 2 rings (SSSR count). The molecule has 22 heavy (non-hydrogen) atoms. The highest BCUT2D eigenvalue weighted by molar-refractivity contribution is 5.77. The Balaban J connectivity index is 1.79. The van der Waals surface area contributed by atoms with Gasteiger partial charge in [-0.25, -0.2) is 4.39 Å². The third-order valence-electron chi connectivity index (χ3n) is 3.60. The molecule has 4 nitrogen and oxygen atoms in total. The monoisotopic (exact) mass is 305 g/mol. The normalized spacial score (nSPS) is 17.8. The van der Waals surface area contributed by atoms with Crippen molar-refractivity contribution in [2.24, 2.45) is 5.92 Å². The van der Waals surface area contributed by atoms with Crippen LogP contribution in [0, 0.1) is 24.1 Å². The van der Waals surface area contributed by atoms with Crippen molar-refractivity contribution in [1.29, 1.82) is 0 Å².